The molecule has 0 bridgehead atoms. The lowest BCUT2D eigenvalue weighted by atomic mass is 9.98. The second-order valence-corrected chi connectivity index (χ2v) is 5.31. The summed E-state index contributed by atoms with van der Waals surface area (Å²) in [6, 6.07) is 3.50. The minimum atomic E-state index is -0.544. The van der Waals surface area contributed by atoms with E-state index in [0.29, 0.717) is 18.1 Å². The van der Waals surface area contributed by atoms with Crippen molar-refractivity contribution in [2.75, 3.05) is 6.61 Å². The van der Waals surface area contributed by atoms with E-state index in [0.717, 1.165) is 38.4 Å². The van der Waals surface area contributed by atoms with Crippen LogP contribution in [0, 0.1) is 11.6 Å². The molecular weight excluding hydrogens is 248 g/mol. The summed E-state index contributed by atoms with van der Waals surface area (Å²) in [5.74, 6) is -1.09. The van der Waals surface area contributed by atoms with Gasteiger partial charge in [0.2, 0.25) is 0 Å². The molecule has 1 aliphatic rings. The van der Waals surface area contributed by atoms with Gasteiger partial charge in [-0.3, -0.25) is 0 Å². The van der Waals surface area contributed by atoms with E-state index >= 15 is 0 Å². The Labute approximate surface area is 112 Å². The first-order valence-electron chi connectivity index (χ1n) is 6.95. The van der Waals surface area contributed by atoms with Crippen LogP contribution in [0.2, 0.25) is 0 Å². The summed E-state index contributed by atoms with van der Waals surface area (Å²) in [5.41, 5.74) is 6.64. The number of ether oxygens (including phenoxy) is 1. The molecule has 1 heterocycles. The van der Waals surface area contributed by atoms with Crippen LogP contribution >= 0.6 is 0 Å². The lowest BCUT2D eigenvalue weighted by molar-refractivity contribution is 0.00915. The molecule has 0 radical (unpaired) electrons. The molecule has 0 aromatic heterocycles. The van der Waals surface area contributed by atoms with Crippen LogP contribution in [0.5, 0.6) is 0 Å². The Hall–Kier alpha value is -1.00. The molecule has 2 atom stereocenters. The van der Waals surface area contributed by atoms with Gasteiger partial charge < -0.3 is 10.5 Å². The molecule has 0 aliphatic carbocycles. The zero-order valence-electron chi connectivity index (χ0n) is 11.1. The van der Waals surface area contributed by atoms with E-state index in [1.165, 1.54) is 18.6 Å². The van der Waals surface area contributed by atoms with Crippen LogP contribution in [-0.4, -0.2) is 18.8 Å². The Morgan fingerprint density at radius 3 is 2.58 bits per heavy atom. The molecule has 1 saturated heterocycles. The molecule has 2 rings (SSSR count). The number of nitrogens with two attached hydrogens (primary N) is 1. The van der Waals surface area contributed by atoms with Crippen molar-refractivity contribution in [2.45, 2.75) is 50.7 Å². The number of rotatable bonds is 5. The molecule has 2 N–H and O–H groups in total. The van der Waals surface area contributed by atoms with E-state index in [-0.39, 0.29) is 6.04 Å². The predicted octanol–water partition coefficient (Wildman–Crippen LogP) is 3.18. The highest BCUT2D eigenvalue weighted by Crippen LogP contribution is 2.18. The van der Waals surface area contributed by atoms with E-state index < -0.39 is 11.6 Å². The smallest absolute Gasteiger partial charge is 0.126 e. The van der Waals surface area contributed by atoms with Crippen LogP contribution in [0.25, 0.3) is 0 Å². The highest BCUT2D eigenvalue weighted by atomic mass is 19.1. The van der Waals surface area contributed by atoms with Gasteiger partial charge in [0.05, 0.1) is 6.10 Å². The quantitative estimate of drug-likeness (QED) is 0.891. The Morgan fingerprint density at radius 1 is 1.21 bits per heavy atom. The van der Waals surface area contributed by atoms with Gasteiger partial charge in [-0.25, -0.2) is 8.78 Å². The van der Waals surface area contributed by atoms with Gasteiger partial charge in [-0.2, -0.15) is 0 Å². The van der Waals surface area contributed by atoms with Crippen molar-refractivity contribution in [3.8, 4) is 0 Å². The lowest BCUT2D eigenvalue weighted by Crippen LogP contribution is -2.27. The van der Waals surface area contributed by atoms with Crippen LogP contribution in [-0.2, 0) is 11.2 Å². The minimum Gasteiger partial charge on any atom is -0.378 e. The van der Waals surface area contributed by atoms with Crippen molar-refractivity contribution in [1.82, 2.24) is 0 Å². The van der Waals surface area contributed by atoms with Gasteiger partial charge in [0.25, 0.3) is 0 Å². The summed E-state index contributed by atoms with van der Waals surface area (Å²) in [6.45, 7) is 0.842. The van der Waals surface area contributed by atoms with Crippen LogP contribution in [0.15, 0.2) is 18.2 Å². The monoisotopic (exact) mass is 269 g/mol. The molecule has 106 valence electrons. The molecule has 2 unspecified atom stereocenters. The first-order chi connectivity index (χ1) is 9.13. The lowest BCUT2D eigenvalue weighted by Gasteiger charge is -2.23. The highest BCUT2D eigenvalue weighted by Gasteiger charge is 2.15. The third-order valence-corrected chi connectivity index (χ3v) is 3.55. The summed E-state index contributed by atoms with van der Waals surface area (Å²) in [5, 5.41) is 0. The zero-order valence-corrected chi connectivity index (χ0v) is 11.1. The molecule has 0 spiro atoms. The normalized spacial score (nSPS) is 21.3. The van der Waals surface area contributed by atoms with Crippen molar-refractivity contribution in [3.05, 3.63) is 35.4 Å². The Bertz CT molecular complexity index is 385. The summed E-state index contributed by atoms with van der Waals surface area (Å²) in [7, 11) is 0. The van der Waals surface area contributed by atoms with Crippen LogP contribution in [0.1, 0.15) is 37.7 Å². The first kappa shape index (κ1) is 14.4. The Balaban J connectivity index is 1.78. The SMILES string of the molecule is NC(CCC1CCCCO1)Cc1cc(F)cc(F)c1. The number of hydrogen-bond donors (Lipinski definition) is 1. The van der Waals surface area contributed by atoms with Crippen molar-refractivity contribution < 1.29 is 13.5 Å². The van der Waals surface area contributed by atoms with Crippen molar-refractivity contribution in [2.24, 2.45) is 5.73 Å². The van der Waals surface area contributed by atoms with E-state index in [1.54, 1.807) is 0 Å². The molecular formula is C15H21F2NO. The van der Waals surface area contributed by atoms with Crippen LogP contribution < -0.4 is 5.73 Å². The maximum Gasteiger partial charge on any atom is 0.126 e. The second-order valence-electron chi connectivity index (χ2n) is 5.31. The Kier molecular flexibility index (Phi) is 5.28. The Morgan fingerprint density at radius 2 is 1.95 bits per heavy atom. The summed E-state index contributed by atoms with van der Waals surface area (Å²) < 4.78 is 31.7. The molecule has 1 aromatic carbocycles. The van der Waals surface area contributed by atoms with Crippen molar-refractivity contribution in [1.29, 1.82) is 0 Å². The highest BCUT2D eigenvalue weighted by molar-refractivity contribution is 5.18. The molecule has 1 fully saturated rings. The molecule has 19 heavy (non-hydrogen) atoms. The average molecular weight is 269 g/mol. The zero-order chi connectivity index (χ0) is 13.7. The molecule has 0 amide bonds. The van der Waals surface area contributed by atoms with E-state index in [4.69, 9.17) is 10.5 Å². The maximum atomic E-state index is 13.1. The number of hydrogen-bond acceptors (Lipinski definition) is 2. The van der Waals surface area contributed by atoms with Gasteiger partial charge in [-0.1, -0.05) is 0 Å². The molecule has 2 nitrogen and oxygen atoms in total. The van der Waals surface area contributed by atoms with E-state index in [2.05, 4.69) is 0 Å². The average Bonchev–Trinajstić information content (AvgIpc) is 2.36. The van der Waals surface area contributed by atoms with E-state index in [1.807, 2.05) is 0 Å². The minimum absolute atomic E-state index is 0.0771. The standard InChI is InChI=1S/C15H21F2NO/c16-12-7-11(8-13(17)10-12)9-14(18)4-5-15-3-1-2-6-19-15/h7-8,10,14-15H,1-6,9,18H2. The van der Waals surface area contributed by atoms with Gasteiger partial charge in [-0.15, -0.1) is 0 Å². The first-order valence-corrected chi connectivity index (χ1v) is 6.95. The third kappa shape index (κ3) is 4.88. The van der Waals surface area contributed by atoms with Gasteiger partial charge >= 0.3 is 0 Å². The fourth-order valence-corrected chi connectivity index (χ4v) is 2.57. The van der Waals surface area contributed by atoms with E-state index in [9.17, 15) is 8.78 Å². The summed E-state index contributed by atoms with van der Waals surface area (Å²) in [6.07, 6.45) is 6.02. The van der Waals surface area contributed by atoms with Crippen LogP contribution in [0.3, 0.4) is 0 Å². The third-order valence-electron chi connectivity index (χ3n) is 3.55. The predicted molar refractivity (Wildman–Crippen MR) is 70.9 cm³/mol. The largest absolute Gasteiger partial charge is 0.378 e. The number of halogens is 2. The molecule has 1 aliphatic heterocycles. The van der Waals surface area contributed by atoms with Crippen molar-refractivity contribution in [3.63, 3.8) is 0 Å². The molecule has 4 heteroatoms. The summed E-state index contributed by atoms with van der Waals surface area (Å²) in [4.78, 5) is 0. The maximum absolute atomic E-state index is 13.1. The van der Waals surface area contributed by atoms with Crippen molar-refractivity contribution >= 4 is 0 Å². The molecule has 1 aromatic rings. The molecule has 0 saturated carbocycles. The number of benzene rings is 1. The van der Waals surface area contributed by atoms with Gasteiger partial charge in [0.15, 0.2) is 0 Å². The fourth-order valence-electron chi connectivity index (χ4n) is 2.57. The van der Waals surface area contributed by atoms with Crippen LogP contribution in [0.4, 0.5) is 8.78 Å². The van der Waals surface area contributed by atoms with Gasteiger partial charge in [0, 0.05) is 18.7 Å². The fraction of sp³-hybridized carbons (Fsp3) is 0.600. The van der Waals surface area contributed by atoms with Gasteiger partial charge in [0.1, 0.15) is 11.6 Å². The van der Waals surface area contributed by atoms with Gasteiger partial charge in [-0.05, 0) is 56.2 Å². The second kappa shape index (κ2) is 6.96. The summed E-state index contributed by atoms with van der Waals surface area (Å²) >= 11 is 0. The topological polar surface area (TPSA) is 35.2 Å².